The zero-order valence-corrected chi connectivity index (χ0v) is 11.1. The lowest BCUT2D eigenvalue weighted by Crippen LogP contribution is -1.96. The van der Waals surface area contributed by atoms with Gasteiger partial charge in [-0.1, -0.05) is 31.4 Å². The van der Waals surface area contributed by atoms with Gasteiger partial charge in [0.2, 0.25) is 0 Å². The maximum absolute atomic E-state index is 5.89. The van der Waals surface area contributed by atoms with Gasteiger partial charge in [-0.2, -0.15) is 0 Å². The minimum Gasteiger partial charge on any atom is -0.142 e. The molecule has 1 rings (SSSR count). The molecule has 15 heavy (non-hydrogen) atoms. The van der Waals surface area contributed by atoms with E-state index in [0.717, 1.165) is 21.9 Å². The lowest BCUT2D eigenvalue weighted by Gasteiger charge is -2.06. The van der Waals surface area contributed by atoms with Gasteiger partial charge in [0, 0.05) is 0 Å². The molecular formula is C11H17ClN2S. The van der Waals surface area contributed by atoms with Crippen LogP contribution in [0.1, 0.15) is 37.3 Å². The summed E-state index contributed by atoms with van der Waals surface area (Å²) >= 11 is 7.66. The highest BCUT2D eigenvalue weighted by molar-refractivity contribution is 7.99. The zero-order valence-electron chi connectivity index (χ0n) is 9.51. The molecule has 0 saturated heterocycles. The third-order valence-electron chi connectivity index (χ3n) is 2.41. The number of halogens is 1. The van der Waals surface area contributed by atoms with E-state index in [9.17, 15) is 0 Å². The Labute approximate surface area is 101 Å². The fourth-order valence-corrected chi connectivity index (χ4v) is 2.40. The lowest BCUT2D eigenvalue weighted by molar-refractivity contribution is 0.777. The molecule has 0 aromatic carbocycles. The molecule has 1 heterocycles. The van der Waals surface area contributed by atoms with Crippen molar-refractivity contribution in [2.75, 3.05) is 5.75 Å². The summed E-state index contributed by atoms with van der Waals surface area (Å²) in [6.45, 7) is 6.25. The summed E-state index contributed by atoms with van der Waals surface area (Å²) in [5.74, 6) is 1.12. The molecule has 0 radical (unpaired) electrons. The Balaban J connectivity index is 2.58. The Morgan fingerprint density at radius 1 is 1.13 bits per heavy atom. The Kier molecular flexibility index (Phi) is 5.40. The third-order valence-corrected chi connectivity index (χ3v) is 3.92. The fraction of sp³-hybridized carbons (Fsp3) is 0.636. The van der Waals surface area contributed by atoms with Gasteiger partial charge in [-0.05, 0) is 37.1 Å². The minimum absolute atomic E-state index is 0.519. The van der Waals surface area contributed by atoms with Crippen molar-refractivity contribution in [2.45, 2.75) is 45.1 Å². The average Bonchev–Trinajstić information content (AvgIpc) is 2.24. The van der Waals surface area contributed by atoms with Crippen molar-refractivity contribution in [1.29, 1.82) is 0 Å². The van der Waals surface area contributed by atoms with E-state index in [1.807, 2.05) is 6.92 Å². The number of hydrogen-bond donors (Lipinski definition) is 0. The smallest absolute Gasteiger partial charge is 0.142 e. The van der Waals surface area contributed by atoms with E-state index in [-0.39, 0.29) is 0 Å². The Morgan fingerprint density at radius 3 is 2.53 bits per heavy atom. The van der Waals surface area contributed by atoms with Gasteiger partial charge in [-0.3, -0.25) is 0 Å². The standard InChI is InChI=1S/C11H17ClN2S/c1-4-5-6-7-15-11-9(3)8(2)10(12)13-14-11/h4-7H2,1-3H3. The number of aromatic nitrogens is 2. The third kappa shape index (κ3) is 3.65. The van der Waals surface area contributed by atoms with Crippen LogP contribution in [0.5, 0.6) is 0 Å². The van der Waals surface area contributed by atoms with Crippen molar-refractivity contribution in [3.63, 3.8) is 0 Å². The first-order valence-electron chi connectivity index (χ1n) is 5.29. The molecule has 0 aliphatic carbocycles. The van der Waals surface area contributed by atoms with Gasteiger partial charge in [-0.15, -0.1) is 22.0 Å². The second kappa shape index (κ2) is 6.33. The summed E-state index contributed by atoms with van der Waals surface area (Å²) in [5, 5.41) is 9.59. The van der Waals surface area contributed by atoms with Crippen LogP contribution in [0.15, 0.2) is 5.03 Å². The first-order chi connectivity index (χ1) is 7.16. The molecule has 0 aliphatic heterocycles. The number of unbranched alkanes of at least 4 members (excludes halogenated alkanes) is 2. The van der Waals surface area contributed by atoms with E-state index in [2.05, 4.69) is 24.0 Å². The van der Waals surface area contributed by atoms with Gasteiger partial charge >= 0.3 is 0 Å². The normalized spacial score (nSPS) is 10.7. The van der Waals surface area contributed by atoms with Gasteiger partial charge in [0.25, 0.3) is 0 Å². The van der Waals surface area contributed by atoms with Crippen LogP contribution in [0.25, 0.3) is 0 Å². The molecule has 0 spiro atoms. The van der Waals surface area contributed by atoms with Gasteiger partial charge in [-0.25, -0.2) is 0 Å². The summed E-state index contributed by atoms with van der Waals surface area (Å²) < 4.78 is 0. The molecule has 84 valence electrons. The van der Waals surface area contributed by atoms with Gasteiger partial charge in [0.05, 0.1) is 0 Å². The van der Waals surface area contributed by atoms with Crippen molar-refractivity contribution in [2.24, 2.45) is 0 Å². The van der Waals surface area contributed by atoms with Crippen LogP contribution >= 0.6 is 23.4 Å². The van der Waals surface area contributed by atoms with E-state index < -0.39 is 0 Å². The molecule has 0 N–H and O–H groups in total. The summed E-state index contributed by atoms with van der Waals surface area (Å²) in [6.07, 6.45) is 3.78. The van der Waals surface area contributed by atoms with Crippen molar-refractivity contribution in [1.82, 2.24) is 10.2 Å². The topological polar surface area (TPSA) is 25.8 Å². The van der Waals surface area contributed by atoms with Crippen molar-refractivity contribution in [3.8, 4) is 0 Å². The summed E-state index contributed by atoms with van der Waals surface area (Å²) in [4.78, 5) is 0. The number of thioether (sulfide) groups is 1. The summed E-state index contributed by atoms with van der Waals surface area (Å²) in [7, 11) is 0. The second-order valence-electron chi connectivity index (χ2n) is 3.60. The van der Waals surface area contributed by atoms with Crippen molar-refractivity contribution >= 4 is 23.4 Å². The molecule has 0 aliphatic rings. The maximum atomic E-state index is 5.89. The van der Waals surface area contributed by atoms with Crippen molar-refractivity contribution < 1.29 is 0 Å². The van der Waals surface area contributed by atoms with Crippen LogP contribution in [-0.2, 0) is 0 Å². The zero-order chi connectivity index (χ0) is 11.3. The van der Waals surface area contributed by atoms with E-state index in [1.165, 1.54) is 19.3 Å². The molecular weight excluding hydrogens is 228 g/mol. The molecule has 2 nitrogen and oxygen atoms in total. The van der Waals surface area contributed by atoms with Crippen LogP contribution in [0.4, 0.5) is 0 Å². The first kappa shape index (κ1) is 12.8. The maximum Gasteiger partial charge on any atom is 0.154 e. The summed E-state index contributed by atoms with van der Waals surface area (Å²) in [5.41, 5.74) is 2.21. The Hall–Kier alpha value is -0.280. The Morgan fingerprint density at radius 2 is 1.87 bits per heavy atom. The highest BCUT2D eigenvalue weighted by Crippen LogP contribution is 2.25. The molecule has 0 atom stereocenters. The fourth-order valence-electron chi connectivity index (χ4n) is 1.21. The predicted octanol–water partition coefficient (Wildman–Crippen LogP) is 4.03. The van der Waals surface area contributed by atoms with Crippen LogP contribution < -0.4 is 0 Å². The van der Waals surface area contributed by atoms with Crippen LogP contribution in [0, 0.1) is 13.8 Å². The average molecular weight is 245 g/mol. The largest absolute Gasteiger partial charge is 0.154 e. The highest BCUT2D eigenvalue weighted by atomic mass is 35.5. The Bertz CT molecular complexity index is 329. The van der Waals surface area contributed by atoms with Crippen LogP contribution in [0.3, 0.4) is 0 Å². The number of rotatable bonds is 5. The monoisotopic (exact) mass is 244 g/mol. The first-order valence-corrected chi connectivity index (χ1v) is 6.65. The van der Waals surface area contributed by atoms with E-state index in [1.54, 1.807) is 11.8 Å². The number of nitrogens with zero attached hydrogens (tertiary/aromatic N) is 2. The minimum atomic E-state index is 0.519. The van der Waals surface area contributed by atoms with Gasteiger partial charge < -0.3 is 0 Å². The quantitative estimate of drug-likeness (QED) is 0.578. The lowest BCUT2D eigenvalue weighted by atomic mass is 10.2. The number of hydrogen-bond acceptors (Lipinski definition) is 3. The van der Waals surface area contributed by atoms with Crippen LogP contribution in [0.2, 0.25) is 5.15 Å². The predicted molar refractivity (Wildman–Crippen MR) is 66.8 cm³/mol. The molecule has 0 fully saturated rings. The molecule has 0 saturated carbocycles. The van der Waals surface area contributed by atoms with Gasteiger partial charge in [0.15, 0.2) is 5.15 Å². The second-order valence-corrected chi connectivity index (χ2v) is 5.04. The molecule has 1 aromatic heterocycles. The van der Waals surface area contributed by atoms with Gasteiger partial charge in [0.1, 0.15) is 5.03 Å². The molecule has 0 amide bonds. The van der Waals surface area contributed by atoms with Crippen molar-refractivity contribution in [3.05, 3.63) is 16.3 Å². The highest BCUT2D eigenvalue weighted by Gasteiger charge is 2.07. The molecule has 4 heteroatoms. The van der Waals surface area contributed by atoms with E-state index >= 15 is 0 Å². The SMILES string of the molecule is CCCCCSc1nnc(Cl)c(C)c1C. The summed E-state index contributed by atoms with van der Waals surface area (Å²) in [6, 6.07) is 0. The molecule has 0 bridgehead atoms. The molecule has 0 unspecified atom stereocenters. The van der Waals surface area contributed by atoms with E-state index in [4.69, 9.17) is 11.6 Å². The van der Waals surface area contributed by atoms with Crippen LogP contribution in [-0.4, -0.2) is 16.0 Å². The van der Waals surface area contributed by atoms with E-state index in [0.29, 0.717) is 5.15 Å². The molecule has 1 aromatic rings.